The smallest absolute Gasteiger partial charge is 0.0761 e. The number of hydrogen-bond donors (Lipinski definition) is 1. The van der Waals surface area contributed by atoms with Crippen LogP contribution in [-0.2, 0) is 6.42 Å². The summed E-state index contributed by atoms with van der Waals surface area (Å²) in [5.41, 5.74) is 0.615. The molecule has 0 aliphatic rings. The number of halogens is 2. The minimum atomic E-state index is -0.492. The number of benzene rings is 1. The Labute approximate surface area is 120 Å². The van der Waals surface area contributed by atoms with Gasteiger partial charge in [-0.15, -0.1) is 0 Å². The molecule has 2 unspecified atom stereocenters. The van der Waals surface area contributed by atoms with Gasteiger partial charge in [-0.3, -0.25) is 0 Å². The number of aliphatic hydroxyl groups is 1. The van der Waals surface area contributed by atoms with Gasteiger partial charge in [-0.25, -0.2) is 0 Å². The van der Waals surface area contributed by atoms with E-state index in [0.717, 1.165) is 12.0 Å². The van der Waals surface area contributed by atoms with Crippen LogP contribution in [0.4, 0.5) is 0 Å². The molecule has 0 aliphatic heterocycles. The van der Waals surface area contributed by atoms with Crippen LogP contribution < -0.4 is 0 Å². The van der Waals surface area contributed by atoms with Crippen molar-refractivity contribution in [1.82, 2.24) is 4.90 Å². The molecule has 0 aliphatic carbocycles. The van der Waals surface area contributed by atoms with E-state index in [9.17, 15) is 5.11 Å². The van der Waals surface area contributed by atoms with Gasteiger partial charge in [0.2, 0.25) is 0 Å². The van der Waals surface area contributed by atoms with Crippen molar-refractivity contribution in [3.63, 3.8) is 0 Å². The van der Waals surface area contributed by atoms with Crippen molar-refractivity contribution >= 4 is 23.2 Å². The van der Waals surface area contributed by atoms with Gasteiger partial charge in [0.25, 0.3) is 0 Å². The molecule has 1 aromatic carbocycles. The SMILES string of the molecule is CCC(C)(C(O)Cc1cccc(Cl)c1Cl)N(C)C. The van der Waals surface area contributed by atoms with E-state index >= 15 is 0 Å². The van der Waals surface area contributed by atoms with Gasteiger partial charge >= 0.3 is 0 Å². The minimum absolute atomic E-state index is 0.272. The Morgan fingerprint density at radius 3 is 2.44 bits per heavy atom. The largest absolute Gasteiger partial charge is 0.391 e. The predicted molar refractivity (Wildman–Crippen MR) is 78.6 cm³/mol. The first-order chi connectivity index (χ1) is 8.32. The average molecular weight is 290 g/mol. The lowest BCUT2D eigenvalue weighted by atomic mass is 9.86. The van der Waals surface area contributed by atoms with Crippen LogP contribution in [0.1, 0.15) is 25.8 Å². The van der Waals surface area contributed by atoms with Gasteiger partial charge in [-0.1, -0.05) is 42.3 Å². The first kappa shape index (κ1) is 15.8. The molecular weight excluding hydrogens is 269 g/mol. The molecule has 1 rings (SSSR count). The fraction of sp³-hybridized carbons (Fsp3) is 0.571. The molecule has 0 bridgehead atoms. The minimum Gasteiger partial charge on any atom is -0.391 e. The summed E-state index contributed by atoms with van der Waals surface area (Å²) in [6, 6.07) is 5.52. The molecule has 0 amide bonds. The highest BCUT2D eigenvalue weighted by Crippen LogP contribution is 2.30. The molecule has 2 nitrogen and oxygen atoms in total. The van der Waals surface area contributed by atoms with Gasteiger partial charge in [0.05, 0.1) is 16.1 Å². The third-order valence-electron chi connectivity index (χ3n) is 3.90. The summed E-state index contributed by atoms with van der Waals surface area (Å²) in [6.45, 7) is 4.12. The van der Waals surface area contributed by atoms with Crippen LogP contribution >= 0.6 is 23.2 Å². The Morgan fingerprint density at radius 1 is 1.33 bits per heavy atom. The van der Waals surface area contributed by atoms with E-state index in [1.54, 1.807) is 6.07 Å². The second-order valence-electron chi connectivity index (χ2n) is 5.04. The number of hydrogen-bond acceptors (Lipinski definition) is 2. The quantitative estimate of drug-likeness (QED) is 0.895. The lowest BCUT2D eigenvalue weighted by molar-refractivity contribution is 0.00302. The Balaban J connectivity index is 2.93. The topological polar surface area (TPSA) is 23.5 Å². The van der Waals surface area contributed by atoms with Crippen LogP contribution in [0.3, 0.4) is 0 Å². The van der Waals surface area contributed by atoms with Gasteiger partial charge in [-0.2, -0.15) is 0 Å². The van der Waals surface area contributed by atoms with Crippen molar-refractivity contribution in [2.75, 3.05) is 14.1 Å². The Bertz CT molecular complexity index is 409. The molecule has 0 spiro atoms. The Kier molecular flexibility index (Phi) is 5.47. The Morgan fingerprint density at radius 2 is 1.94 bits per heavy atom. The fourth-order valence-corrected chi connectivity index (χ4v) is 2.38. The summed E-state index contributed by atoms with van der Waals surface area (Å²) in [5, 5.41) is 11.5. The van der Waals surface area contributed by atoms with Crippen LogP contribution in [0.15, 0.2) is 18.2 Å². The lowest BCUT2D eigenvalue weighted by Gasteiger charge is -2.40. The number of aliphatic hydroxyl groups excluding tert-OH is 1. The van der Waals surface area contributed by atoms with Crippen molar-refractivity contribution in [3.05, 3.63) is 33.8 Å². The van der Waals surface area contributed by atoms with Gasteiger partial charge < -0.3 is 10.0 Å². The summed E-state index contributed by atoms with van der Waals surface area (Å²) in [7, 11) is 3.96. The zero-order chi connectivity index (χ0) is 13.9. The van der Waals surface area contributed by atoms with E-state index in [2.05, 4.69) is 18.7 Å². The molecule has 0 fully saturated rings. The molecule has 0 saturated heterocycles. The highest BCUT2D eigenvalue weighted by Gasteiger charge is 2.33. The molecule has 4 heteroatoms. The van der Waals surface area contributed by atoms with Crippen LogP contribution in [0, 0.1) is 0 Å². The first-order valence-corrected chi connectivity index (χ1v) is 6.87. The van der Waals surface area contributed by atoms with E-state index in [-0.39, 0.29) is 5.54 Å². The zero-order valence-corrected chi connectivity index (χ0v) is 12.9. The van der Waals surface area contributed by atoms with Crippen LogP contribution in [-0.4, -0.2) is 35.7 Å². The van der Waals surface area contributed by atoms with Crippen molar-refractivity contribution in [2.45, 2.75) is 38.3 Å². The highest BCUT2D eigenvalue weighted by atomic mass is 35.5. The molecule has 102 valence electrons. The number of nitrogens with zero attached hydrogens (tertiary/aromatic N) is 1. The van der Waals surface area contributed by atoms with Gasteiger partial charge in [0.1, 0.15) is 0 Å². The van der Waals surface area contributed by atoms with E-state index in [4.69, 9.17) is 23.2 Å². The monoisotopic (exact) mass is 289 g/mol. The van der Waals surface area contributed by atoms with Gasteiger partial charge in [-0.05, 0) is 39.1 Å². The molecular formula is C14H21Cl2NO. The van der Waals surface area contributed by atoms with E-state index in [1.807, 2.05) is 26.2 Å². The number of likely N-dealkylation sites (N-methyl/N-ethyl adjacent to an activating group) is 1. The van der Waals surface area contributed by atoms with Crippen LogP contribution in [0.25, 0.3) is 0 Å². The molecule has 0 saturated carbocycles. The van der Waals surface area contributed by atoms with Crippen molar-refractivity contribution in [2.24, 2.45) is 0 Å². The summed E-state index contributed by atoms with van der Waals surface area (Å²) < 4.78 is 0. The fourth-order valence-electron chi connectivity index (χ4n) is 1.98. The Hall–Kier alpha value is -0.280. The molecule has 0 heterocycles. The van der Waals surface area contributed by atoms with E-state index in [1.165, 1.54) is 0 Å². The zero-order valence-electron chi connectivity index (χ0n) is 11.4. The van der Waals surface area contributed by atoms with Crippen LogP contribution in [0.2, 0.25) is 10.0 Å². The molecule has 0 aromatic heterocycles. The van der Waals surface area contributed by atoms with Crippen molar-refractivity contribution < 1.29 is 5.11 Å². The second kappa shape index (κ2) is 6.25. The van der Waals surface area contributed by atoms with Crippen molar-refractivity contribution in [3.8, 4) is 0 Å². The molecule has 18 heavy (non-hydrogen) atoms. The second-order valence-corrected chi connectivity index (χ2v) is 5.82. The summed E-state index contributed by atoms with van der Waals surface area (Å²) in [5.74, 6) is 0. The predicted octanol–water partition coefficient (Wildman–Crippen LogP) is 3.63. The first-order valence-electron chi connectivity index (χ1n) is 6.11. The van der Waals surface area contributed by atoms with Crippen molar-refractivity contribution in [1.29, 1.82) is 0 Å². The van der Waals surface area contributed by atoms with E-state index < -0.39 is 6.10 Å². The summed E-state index contributed by atoms with van der Waals surface area (Å²) in [4.78, 5) is 2.05. The molecule has 2 atom stereocenters. The maximum atomic E-state index is 10.5. The highest BCUT2D eigenvalue weighted by molar-refractivity contribution is 6.42. The standard InChI is InChI=1S/C14H21Cl2NO/c1-5-14(2,17(3)4)12(18)9-10-7-6-8-11(15)13(10)16/h6-8,12,18H,5,9H2,1-4H3. The molecule has 0 radical (unpaired) electrons. The van der Waals surface area contributed by atoms with Gasteiger partial charge in [0, 0.05) is 12.0 Å². The third kappa shape index (κ3) is 3.18. The van der Waals surface area contributed by atoms with Crippen LogP contribution in [0.5, 0.6) is 0 Å². The van der Waals surface area contributed by atoms with E-state index in [0.29, 0.717) is 16.5 Å². The maximum Gasteiger partial charge on any atom is 0.0761 e. The molecule has 1 aromatic rings. The number of rotatable bonds is 5. The normalized spacial score (nSPS) is 16.7. The molecule has 1 N–H and O–H groups in total. The third-order valence-corrected chi connectivity index (χ3v) is 4.76. The average Bonchev–Trinajstić information content (AvgIpc) is 2.33. The van der Waals surface area contributed by atoms with Gasteiger partial charge in [0.15, 0.2) is 0 Å². The maximum absolute atomic E-state index is 10.5. The summed E-state index contributed by atoms with van der Waals surface area (Å²) >= 11 is 12.1. The summed E-state index contributed by atoms with van der Waals surface area (Å²) in [6.07, 6.45) is 0.870. The lowest BCUT2D eigenvalue weighted by Crippen LogP contribution is -2.51.